The molecule has 0 atom stereocenters. The molecular weight excluding hydrogens is 219 g/mol. The highest BCUT2D eigenvalue weighted by atomic mass is 15.1. The Morgan fingerprint density at radius 1 is 1.06 bits per heavy atom. The molecule has 0 bridgehead atoms. The van der Waals surface area contributed by atoms with Gasteiger partial charge in [0.15, 0.2) is 0 Å². The molecule has 95 valence electrons. The van der Waals surface area contributed by atoms with Crippen LogP contribution in [0.1, 0.15) is 27.7 Å². The number of fused-ring (bicyclic) bond motifs is 1. The van der Waals surface area contributed by atoms with E-state index in [0.29, 0.717) is 12.1 Å². The van der Waals surface area contributed by atoms with E-state index in [2.05, 4.69) is 82.0 Å². The summed E-state index contributed by atoms with van der Waals surface area (Å²) < 4.78 is 2.17. The summed E-state index contributed by atoms with van der Waals surface area (Å²) in [5, 5.41) is 1.30. The molecule has 18 heavy (non-hydrogen) atoms. The zero-order valence-electron chi connectivity index (χ0n) is 12.0. The van der Waals surface area contributed by atoms with Gasteiger partial charge in [0.05, 0.1) is 0 Å². The smallest absolute Gasteiger partial charge is 0.248 e. The fourth-order valence-electron chi connectivity index (χ4n) is 2.43. The summed E-state index contributed by atoms with van der Waals surface area (Å²) in [7, 11) is 4.36. The lowest BCUT2D eigenvalue weighted by Crippen LogP contribution is -2.45. The maximum Gasteiger partial charge on any atom is 0.248 e. The number of hydrogen-bond acceptors (Lipinski definition) is 1. The van der Waals surface area contributed by atoms with Gasteiger partial charge < -0.3 is 9.38 Å². The van der Waals surface area contributed by atoms with E-state index in [1.165, 1.54) is 16.4 Å². The van der Waals surface area contributed by atoms with E-state index in [1.54, 1.807) is 0 Å². The molecule has 0 saturated carbocycles. The number of rotatable bonds is 4. The molecule has 0 N–H and O–H groups in total. The minimum Gasteiger partial charge on any atom is -0.351 e. The van der Waals surface area contributed by atoms with Crippen LogP contribution in [0.15, 0.2) is 30.5 Å². The molecule has 0 amide bonds. The van der Waals surface area contributed by atoms with Crippen LogP contribution in [-0.4, -0.2) is 28.9 Å². The van der Waals surface area contributed by atoms with Crippen molar-refractivity contribution in [3.05, 3.63) is 30.5 Å². The Morgan fingerprint density at radius 3 is 2.33 bits per heavy atom. The third-order valence-electron chi connectivity index (χ3n) is 3.40. The quantitative estimate of drug-likeness (QED) is 0.747. The Kier molecular flexibility index (Phi) is 3.81. The lowest BCUT2D eigenvalue weighted by molar-refractivity contribution is 0.315. The number of nitrogens with zero attached hydrogens (tertiary/aromatic N) is 2. The van der Waals surface area contributed by atoms with Crippen LogP contribution in [-0.2, 0) is 7.05 Å². The highest BCUT2D eigenvalue weighted by Gasteiger charge is 2.15. The predicted molar refractivity (Wildman–Crippen MR) is 80.4 cm³/mol. The summed E-state index contributed by atoms with van der Waals surface area (Å²) in [5.74, 6) is 0. The summed E-state index contributed by atoms with van der Waals surface area (Å²) in [6.45, 7) is 8.93. The fourth-order valence-corrected chi connectivity index (χ4v) is 2.43. The average Bonchev–Trinajstić information content (AvgIpc) is 2.67. The molecular formula is C15H22BN2. The van der Waals surface area contributed by atoms with Crippen molar-refractivity contribution in [1.29, 1.82) is 0 Å². The SMILES string of the molecule is CC(C)N([B]c1ccc2ccn(C)c2c1)C(C)C. The number of aromatic nitrogens is 1. The van der Waals surface area contributed by atoms with E-state index >= 15 is 0 Å². The van der Waals surface area contributed by atoms with E-state index in [0.717, 1.165) is 0 Å². The lowest BCUT2D eigenvalue weighted by atomic mass is 9.78. The molecule has 0 fully saturated rings. The first-order valence-electron chi connectivity index (χ1n) is 6.66. The van der Waals surface area contributed by atoms with Gasteiger partial charge in [-0.15, -0.1) is 0 Å². The van der Waals surface area contributed by atoms with E-state index in [4.69, 9.17) is 0 Å². The van der Waals surface area contributed by atoms with Gasteiger partial charge in [-0.1, -0.05) is 45.3 Å². The third kappa shape index (κ3) is 2.61. The number of benzene rings is 1. The normalized spacial score (nSPS) is 12.0. The van der Waals surface area contributed by atoms with Gasteiger partial charge in [-0.25, -0.2) is 0 Å². The second-order valence-electron chi connectivity index (χ2n) is 5.51. The van der Waals surface area contributed by atoms with Crippen molar-refractivity contribution in [2.45, 2.75) is 39.8 Å². The van der Waals surface area contributed by atoms with Crippen LogP contribution < -0.4 is 5.46 Å². The molecule has 2 aromatic rings. The standard InChI is InChI=1S/C15H22BN2/c1-11(2)18(12(3)4)16-14-7-6-13-8-9-17(5)15(13)10-14/h6-12H,1-5H3. The zero-order chi connectivity index (χ0) is 13.3. The van der Waals surface area contributed by atoms with Gasteiger partial charge in [0.2, 0.25) is 7.41 Å². The number of aryl methyl sites for hydroxylation is 1. The second-order valence-corrected chi connectivity index (χ2v) is 5.51. The van der Waals surface area contributed by atoms with Gasteiger partial charge in [-0.3, -0.25) is 0 Å². The van der Waals surface area contributed by atoms with Crippen molar-refractivity contribution in [1.82, 2.24) is 9.38 Å². The van der Waals surface area contributed by atoms with Gasteiger partial charge in [-0.2, -0.15) is 0 Å². The Morgan fingerprint density at radius 2 is 1.72 bits per heavy atom. The van der Waals surface area contributed by atoms with Crippen LogP contribution in [0, 0.1) is 0 Å². The highest BCUT2D eigenvalue weighted by molar-refractivity contribution is 6.51. The first kappa shape index (κ1) is 13.2. The minimum atomic E-state index is 0.522. The second kappa shape index (κ2) is 5.19. The Balaban J connectivity index is 2.28. The number of hydrogen-bond donors (Lipinski definition) is 0. The van der Waals surface area contributed by atoms with Crippen molar-refractivity contribution in [3.8, 4) is 0 Å². The predicted octanol–water partition coefficient (Wildman–Crippen LogP) is 2.54. The van der Waals surface area contributed by atoms with Crippen LogP contribution >= 0.6 is 0 Å². The summed E-state index contributed by atoms with van der Waals surface area (Å²) in [6, 6.07) is 9.85. The van der Waals surface area contributed by atoms with Crippen molar-refractivity contribution in [2.24, 2.45) is 7.05 Å². The van der Waals surface area contributed by atoms with Crippen LogP contribution in [0.4, 0.5) is 0 Å². The van der Waals surface area contributed by atoms with Crippen molar-refractivity contribution in [2.75, 3.05) is 0 Å². The van der Waals surface area contributed by atoms with Gasteiger partial charge in [0.25, 0.3) is 0 Å². The molecule has 0 aliphatic rings. The highest BCUT2D eigenvalue weighted by Crippen LogP contribution is 2.12. The van der Waals surface area contributed by atoms with Crippen molar-refractivity contribution in [3.63, 3.8) is 0 Å². The van der Waals surface area contributed by atoms with Crippen molar-refractivity contribution >= 4 is 23.8 Å². The molecule has 1 aromatic carbocycles. The maximum atomic E-state index is 2.39. The first-order chi connectivity index (χ1) is 8.49. The zero-order valence-corrected chi connectivity index (χ0v) is 12.0. The molecule has 0 unspecified atom stereocenters. The first-order valence-corrected chi connectivity index (χ1v) is 6.66. The van der Waals surface area contributed by atoms with Gasteiger partial charge in [-0.05, 0) is 29.6 Å². The summed E-state index contributed by atoms with van der Waals surface area (Å²) in [4.78, 5) is 2.39. The summed E-state index contributed by atoms with van der Waals surface area (Å²) >= 11 is 0. The average molecular weight is 241 g/mol. The molecule has 2 nitrogen and oxygen atoms in total. The Bertz CT molecular complexity index is 520. The molecule has 1 radical (unpaired) electrons. The molecule has 0 saturated heterocycles. The van der Waals surface area contributed by atoms with Crippen LogP contribution in [0.2, 0.25) is 0 Å². The fraction of sp³-hybridized carbons (Fsp3) is 0.467. The Labute approximate surface area is 111 Å². The van der Waals surface area contributed by atoms with Gasteiger partial charge in [0, 0.05) is 18.8 Å². The third-order valence-corrected chi connectivity index (χ3v) is 3.40. The molecule has 1 heterocycles. The molecule has 3 heteroatoms. The summed E-state index contributed by atoms with van der Waals surface area (Å²) in [6.07, 6.45) is 2.11. The maximum absolute atomic E-state index is 2.39. The van der Waals surface area contributed by atoms with E-state index in [1.807, 2.05) is 0 Å². The van der Waals surface area contributed by atoms with Crippen molar-refractivity contribution < 1.29 is 0 Å². The van der Waals surface area contributed by atoms with E-state index in [9.17, 15) is 0 Å². The van der Waals surface area contributed by atoms with Crippen LogP contribution in [0.3, 0.4) is 0 Å². The minimum absolute atomic E-state index is 0.522. The molecule has 0 aliphatic carbocycles. The van der Waals surface area contributed by atoms with Gasteiger partial charge >= 0.3 is 0 Å². The topological polar surface area (TPSA) is 8.17 Å². The Hall–Kier alpha value is -1.22. The monoisotopic (exact) mass is 241 g/mol. The molecule has 2 rings (SSSR count). The lowest BCUT2D eigenvalue weighted by Gasteiger charge is -2.30. The van der Waals surface area contributed by atoms with E-state index in [-0.39, 0.29) is 0 Å². The van der Waals surface area contributed by atoms with E-state index < -0.39 is 0 Å². The molecule has 0 aliphatic heterocycles. The largest absolute Gasteiger partial charge is 0.351 e. The molecule has 0 spiro atoms. The summed E-state index contributed by atoms with van der Waals surface area (Å²) in [5.41, 5.74) is 2.56. The van der Waals surface area contributed by atoms with Crippen LogP contribution in [0.5, 0.6) is 0 Å². The van der Waals surface area contributed by atoms with Crippen LogP contribution in [0.25, 0.3) is 10.9 Å². The van der Waals surface area contributed by atoms with Gasteiger partial charge in [0.1, 0.15) is 0 Å². The molecule has 1 aromatic heterocycles.